The zero-order valence-corrected chi connectivity index (χ0v) is 16.0. The van der Waals surface area contributed by atoms with Gasteiger partial charge in [-0.3, -0.25) is 4.52 Å². The number of aryl methyl sites for hydroxylation is 1. The number of phosphoric ester groups is 1. The molecule has 0 aliphatic rings. The van der Waals surface area contributed by atoms with Crippen LogP contribution in [0.4, 0.5) is 0 Å². The Bertz CT molecular complexity index is 531. The molecular weight excluding hydrogens is 341 g/mol. The lowest BCUT2D eigenvalue weighted by Gasteiger charge is -2.27. The van der Waals surface area contributed by atoms with E-state index in [4.69, 9.17) is 15.5 Å². The lowest BCUT2D eigenvalue weighted by atomic mass is 9.92. The van der Waals surface area contributed by atoms with Gasteiger partial charge in [-0.2, -0.15) is 0 Å². The summed E-state index contributed by atoms with van der Waals surface area (Å²) in [7, 11) is -4.60. The summed E-state index contributed by atoms with van der Waals surface area (Å²) in [6.45, 7) is 1.38. The monoisotopic (exact) mass is 373 g/mol. The molecule has 5 N–H and O–H groups in total. The van der Waals surface area contributed by atoms with Crippen molar-refractivity contribution >= 4 is 7.82 Å². The number of nitrogens with two attached hydrogens (primary N) is 1. The Morgan fingerprint density at radius 1 is 1.04 bits per heavy atom. The van der Waals surface area contributed by atoms with Gasteiger partial charge in [-0.1, -0.05) is 63.3 Å². The second-order valence-corrected chi connectivity index (χ2v) is 8.03. The lowest BCUT2D eigenvalue weighted by molar-refractivity contribution is 0.107. The van der Waals surface area contributed by atoms with Gasteiger partial charge in [-0.25, -0.2) is 4.57 Å². The molecule has 1 aromatic rings. The van der Waals surface area contributed by atoms with E-state index in [2.05, 4.69) is 11.4 Å². The van der Waals surface area contributed by atoms with Crippen molar-refractivity contribution in [3.05, 3.63) is 35.4 Å². The standard InChI is InChI=1S/C18H32NO5P/c1-2-3-4-5-6-7-8-16-9-11-17(12-10-16)13-18(19,14-20)15-24-25(21,22)23/h9-12,20H,2-8,13-15,19H2,1H3,(H2,21,22,23)/t18-/m0/s1. The lowest BCUT2D eigenvalue weighted by Crippen LogP contribution is -2.49. The van der Waals surface area contributed by atoms with E-state index in [0.717, 1.165) is 12.0 Å². The van der Waals surface area contributed by atoms with Crippen LogP contribution in [0.1, 0.15) is 56.6 Å². The molecule has 25 heavy (non-hydrogen) atoms. The molecular formula is C18H32NO5P. The number of unbranched alkanes of at least 4 members (excludes halogenated alkanes) is 5. The van der Waals surface area contributed by atoms with E-state index in [1.807, 2.05) is 24.3 Å². The van der Waals surface area contributed by atoms with Crippen molar-refractivity contribution in [2.24, 2.45) is 5.73 Å². The summed E-state index contributed by atoms with van der Waals surface area (Å²) in [5, 5.41) is 9.44. The van der Waals surface area contributed by atoms with Gasteiger partial charge in [0.2, 0.25) is 0 Å². The third-order valence-corrected chi connectivity index (χ3v) is 4.70. The maximum absolute atomic E-state index is 10.8. The van der Waals surface area contributed by atoms with E-state index in [1.165, 1.54) is 44.1 Å². The molecule has 1 atom stereocenters. The van der Waals surface area contributed by atoms with Crippen LogP contribution in [0.5, 0.6) is 0 Å². The Labute approximate surface area is 150 Å². The molecule has 0 aliphatic heterocycles. The summed E-state index contributed by atoms with van der Waals surface area (Å²) in [5.41, 5.74) is 6.94. The van der Waals surface area contributed by atoms with E-state index >= 15 is 0 Å². The van der Waals surface area contributed by atoms with Gasteiger partial charge in [0.1, 0.15) is 0 Å². The van der Waals surface area contributed by atoms with Crippen LogP contribution in [-0.2, 0) is 21.9 Å². The average Bonchev–Trinajstić information content (AvgIpc) is 2.57. The molecule has 1 aromatic carbocycles. The van der Waals surface area contributed by atoms with Crippen molar-refractivity contribution in [2.45, 2.75) is 63.8 Å². The highest BCUT2D eigenvalue weighted by molar-refractivity contribution is 7.46. The summed E-state index contributed by atoms with van der Waals surface area (Å²) in [5.74, 6) is 0. The fraction of sp³-hybridized carbons (Fsp3) is 0.667. The fourth-order valence-electron chi connectivity index (χ4n) is 2.70. The van der Waals surface area contributed by atoms with Crippen molar-refractivity contribution in [3.8, 4) is 0 Å². The van der Waals surface area contributed by atoms with Crippen LogP contribution in [0.3, 0.4) is 0 Å². The van der Waals surface area contributed by atoms with Crippen LogP contribution < -0.4 is 5.73 Å². The molecule has 144 valence electrons. The van der Waals surface area contributed by atoms with Gasteiger partial charge in [0.05, 0.1) is 18.8 Å². The molecule has 0 saturated heterocycles. The minimum Gasteiger partial charge on any atom is -0.394 e. The topological polar surface area (TPSA) is 113 Å². The number of aliphatic hydroxyl groups excluding tert-OH is 1. The second kappa shape index (κ2) is 11.1. The van der Waals surface area contributed by atoms with Gasteiger partial charge < -0.3 is 20.6 Å². The molecule has 0 saturated carbocycles. The first-order valence-corrected chi connectivity index (χ1v) is 10.5. The zero-order chi connectivity index (χ0) is 18.8. The van der Waals surface area contributed by atoms with Crippen molar-refractivity contribution in [1.82, 2.24) is 0 Å². The SMILES string of the molecule is CCCCCCCCc1ccc(C[C@](N)(CO)COP(=O)(O)O)cc1. The highest BCUT2D eigenvalue weighted by Gasteiger charge is 2.29. The van der Waals surface area contributed by atoms with E-state index in [9.17, 15) is 9.67 Å². The first kappa shape index (κ1) is 22.3. The number of benzene rings is 1. The van der Waals surface area contributed by atoms with Gasteiger partial charge in [0, 0.05) is 0 Å². The van der Waals surface area contributed by atoms with Crippen LogP contribution in [0.15, 0.2) is 24.3 Å². The predicted octanol–water partition coefficient (Wildman–Crippen LogP) is 2.93. The fourth-order valence-corrected chi connectivity index (χ4v) is 3.13. The molecule has 0 aromatic heterocycles. The van der Waals surface area contributed by atoms with Gasteiger partial charge in [0.15, 0.2) is 0 Å². The molecule has 1 rings (SSSR count). The van der Waals surface area contributed by atoms with Gasteiger partial charge in [-0.05, 0) is 30.4 Å². The minimum absolute atomic E-state index is 0.279. The molecule has 7 heteroatoms. The molecule has 0 heterocycles. The van der Waals surface area contributed by atoms with E-state index in [1.54, 1.807) is 0 Å². The molecule has 0 spiro atoms. The molecule has 0 bridgehead atoms. The van der Waals surface area contributed by atoms with Gasteiger partial charge in [0.25, 0.3) is 0 Å². The normalized spacial score (nSPS) is 14.4. The summed E-state index contributed by atoms with van der Waals surface area (Å²) < 4.78 is 15.3. The first-order valence-electron chi connectivity index (χ1n) is 8.95. The molecule has 6 nitrogen and oxygen atoms in total. The van der Waals surface area contributed by atoms with E-state index in [-0.39, 0.29) is 6.42 Å². The minimum atomic E-state index is -4.60. The van der Waals surface area contributed by atoms with Gasteiger partial charge in [-0.15, -0.1) is 0 Å². The molecule has 0 unspecified atom stereocenters. The van der Waals surface area contributed by atoms with E-state index < -0.39 is 26.6 Å². The smallest absolute Gasteiger partial charge is 0.394 e. The Kier molecular flexibility index (Phi) is 9.87. The number of aliphatic hydroxyl groups is 1. The van der Waals surface area contributed by atoms with Crippen LogP contribution >= 0.6 is 7.82 Å². The van der Waals surface area contributed by atoms with Crippen LogP contribution in [-0.4, -0.2) is 33.6 Å². The van der Waals surface area contributed by atoms with E-state index in [0.29, 0.717) is 0 Å². The molecule has 0 radical (unpaired) electrons. The maximum atomic E-state index is 10.8. The third-order valence-electron chi connectivity index (χ3n) is 4.23. The molecule has 0 amide bonds. The van der Waals surface area contributed by atoms with Crippen LogP contribution in [0, 0.1) is 0 Å². The highest BCUT2D eigenvalue weighted by atomic mass is 31.2. The van der Waals surface area contributed by atoms with Crippen molar-refractivity contribution in [1.29, 1.82) is 0 Å². The number of hydrogen-bond donors (Lipinski definition) is 4. The van der Waals surface area contributed by atoms with Gasteiger partial charge >= 0.3 is 7.82 Å². The predicted molar refractivity (Wildman–Crippen MR) is 99.2 cm³/mol. The van der Waals surface area contributed by atoms with Crippen LogP contribution in [0.25, 0.3) is 0 Å². The Hall–Kier alpha value is -0.750. The van der Waals surface area contributed by atoms with Crippen molar-refractivity contribution < 1.29 is 24.0 Å². The summed E-state index contributed by atoms with van der Waals surface area (Å²) in [4.78, 5) is 17.6. The quantitative estimate of drug-likeness (QED) is 0.312. The molecule has 0 fully saturated rings. The first-order chi connectivity index (χ1) is 11.8. The Morgan fingerprint density at radius 2 is 1.60 bits per heavy atom. The Balaban J connectivity index is 2.45. The number of phosphoric acid groups is 1. The van der Waals surface area contributed by atoms with Crippen molar-refractivity contribution in [2.75, 3.05) is 13.2 Å². The highest BCUT2D eigenvalue weighted by Crippen LogP contribution is 2.36. The van der Waals surface area contributed by atoms with Crippen LogP contribution in [0.2, 0.25) is 0 Å². The molecule has 0 aliphatic carbocycles. The largest absolute Gasteiger partial charge is 0.469 e. The second-order valence-electron chi connectivity index (χ2n) is 6.80. The summed E-state index contributed by atoms with van der Waals surface area (Å²) in [6, 6.07) is 7.98. The summed E-state index contributed by atoms with van der Waals surface area (Å²) >= 11 is 0. The van der Waals surface area contributed by atoms with Crippen molar-refractivity contribution in [3.63, 3.8) is 0 Å². The number of hydrogen-bond acceptors (Lipinski definition) is 4. The maximum Gasteiger partial charge on any atom is 0.469 e. The Morgan fingerprint density at radius 3 is 2.16 bits per heavy atom. The summed E-state index contributed by atoms with van der Waals surface area (Å²) in [6.07, 6.45) is 8.92. The third kappa shape index (κ3) is 10.1. The average molecular weight is 373 g/mol. The zero-order valence-electron chi connectivity index (χ0n) is 15.1. The number of rotatable bonds is 13.